The molecule has 4 nitrogen and oxygen atoms in total. The van der Waals surface area contributed by atoms with Gasteiger partial charge in [0.1, 0.15) is 0 Å². The molecule has 2 aromatic carbocycles. The SMILES string of the molecule is COCCNC(=O)c1ccc2c(c1)N=C(c1ccc(Cl)s1)c1ccccc1S2. The van der Waals surface area contributed by atoms with E-state index >= 15 is 0 Å². The van der Waals surface area contributed by atoms with Gasteiger partial charge in [-0.2, -0.15) is 0 Å². The molecule has 0 bridgehead atoms. The van der Waals surface area contributed by atoms with Crippen molar-refractivity contribution in [3.05, 3.63) is 74.9 Å². The van der Waals surface area contributed by atoms with Crippen LogP contribution in [-0.4, -0.2) is 31.9 Å². The number of fused-ring (bicyclic) bond motifs is 2. The number of carbonyl (C=O) groups excluding carboxylic acids is 1. The van der Waals surface area contributed by atoms with Crippen LogP contribution in [0.5, 0.6) is 0 Å². The summed E-state index contributed by atoms with van der Waals surface area (Å²) in [5.74, 6) is -0.137. The number of aliphatic imine (C=N–C) groups is 1. The van der Waals surface area contributed by atoms with Gasteiger partial charge in [-0.25, -0.2) is 4.99 Å². The maximum atomic E-state index is 12.4. The molecule has 3 aromatic rings. The van der Waals surface area contributed by atoms with Gasteiger partial charge in [-0.05, 0) is 36.4 Å². The monoisotopic (exact) mass is 428 g/mol. The lowest BCUT2D eigenvalue weighted by atomic mass is 10.1. The van der Waals surface area contributed by atoms with Crippen LogP contribution in [0.1, 0.15) is 20.8 Å². The van der Waals surface area contributed by atoms with Gasteiger partial charge in [-0.3, -0.25) is 4.79 Å². The molecule has 0 spiro atoms. The molecule has 0 aliphatic carbocycles. The fraction of sp³-hybridized carbons (Fsp3) is 0.143. The zero-order valence-electron chi connectivity index (χ0n) is 15.1. The molecular weight excluding hydrogens is 412 g/mol. The standard InChI is InChI=1S/C21H17ClN2O2S2/c1-26-11-10-23-21(25)13-6-7-17-15(12-13)24-20(18-8-9-19(22)28-18)14-4-2-3-5-16(14)27-17/h2-9,12H,10-11H2,1H3,(H,23,25). The Hall–Kier alpha value is -2.12. The second kappa shape index (κ2) is 8.49. The second-order valence-corrected chi connectivity index (χ2v) is 8.89. The largest absolute Gasteiger partial charge is 0.383 e. The highest BCUT2D eigenvalue weighted by Crippen LogP contribution is 2.42. The lowest BCUT2D eigenvalue weighted by Crippen LogP contribution is -2.26. The first kappa shape index (κ1) is 19.2. The van der Waals surface area contributed by atoms with E-state index in [4.69, 9.17) is 21.3 Å². The van der Waals surface area contributed by atoms with E-state index in [1.165, 1.54) is 11.3 Å². The number of hydrogen-bond acceptors (Lipinski definition) is 5. The molecule has 7 heteroatoms. The molecular formula is C21H17ClN2O2S2. The maximum Gasteiger partial charge on any atom is 0.251 e. The van der Waals surface area contributed by atoms with Crippen molar-refractivity contribution in [2.75, 3.05) is 20.3 Å². The van der Waals surface area contributed by atoms with Crippen molar-refractivity contribution < 1.29 is 9.53 Å². The molecule has 1 aliphatic heterocycles. The summed E-state index contributed by atoms with van der Waals surface area (Å²) in [6.45, 7) is 0.943. The third-order valence-electron chi connectivity index (χ3n) is 4.21. The second-order valence-electron chi connectivity index (χ2n) is 6.09. The van der Waals surface area contributed by atoms with Crippen molar-refractivity contribution >= 4 is 52.0 Å². The van der Waals surface area contributed by atoms with Crippen LogP contribution >= 0.6 is 34.7 Å². The van der Waals surface area contributed by atoms with Crippen LogP contribution in [0.2, 0.25) is 4.34 Å². The molecule has 1 aromatic heterocycles. The number of nitrogens with zero attached hydrogens (tertiary/aromatic N) is 1. The van der Waals surface area contributed by atoms with Gasteiger partial charge in [0.25, 0.3) is 5.91 Å². The summed E-state index contributed by atoms with van der Waals surface area (Å²) in [6, 6.07) is 17.7. The Kier molecular flexibility index (Phi) is 5.82. The highest BCUT2D eigenvalue weighted by atomic mass is 35.5. The third kappa shape index (κ3) is 4.00. The molecule has 1 aliphatic rings. The molecule has 0 unspecified atom stereocenters. The highest BCUT2D eigenvalue weighted by Gasteiger charge is 2.20. The summed E-state index contributed by atoms with van der Waals surface area (Å²) in [6.07, 6.45) is 0. The lowest BCUT2D eigenvalue weighted by Gasteiger charge is -2.08. The number of nitrogens with one attached hydrogen (secondary N) is 1. The molecule has 4 rings (SSSR count). The van der Waals surface area contributed by atoms with Crippen LogP contribution in [0.25, 0.3) is 0 Å². The van der Waals surface area contributed by atoms with Gasteiger partial charge >= 0.3 is 0 Å². The molecule has 0 fully saturated rings. The van der Waals surface area contributed by atoms with E-state index in [2.05, 4.69) is 17.4 Å². The van der Waals surface area contributed by atoms with Gasteiger partial charge < -0.3 is 10.1 Å². The molecule has 1 N–H and O–H groups in total. The Morgan fingerprint density at radius 2 is 2.00 bits per heavy atom. The van der Waals surface area contributed by atoms with E-state index in [1.54, 1.807) is 18.9 Å². The summed E-state index contributed by atoms with van der Waals surface area (Å²) < 4.78 is 5.71. The van der Waals surface area contributed by atoms with E-state index in [9.17, 15) is 4.79 Å². The van der Waals surface area contributed by atoms with Gasteiger partial charge in [0.2, 0.25) is 0 Å². The van der Waals surface area contributed by atoms with Crippen LogP contribution in [0.4, 0.5) is 5.69 Å². The Labute approximate surface area is 176 Å². The first-order valence-corrected chi connectivity index (χ1v) is 10.7. The zero-order chi connectivity index (χ0) is 19.5. The Morgan fingerprint density at radius 3 is 2.79 bits per heavy atom. The van der Waals surface area contributed by atoms with Gasteiger partial charge in [-0.15, -0.1) is 11.3 Å². The van der Waals surface area contributed by atoms with Crippen molar-refractivity contribution in [3.8, 4) is 0 Å². The average molecular weight is 429 g/mol. The Morgan fingerprint density at radius 1 is 1.14 bits per heavy atom. The minimum Gasteiger partial charge on any atom is -0.383 e. The average Bonchev–Trinajstić information content (AvgIpc) is 3.06. The molecule has 2 heterocycles. The highest BCUT2D eigenvalue weighted by molar-refractivity contribution is 7.99. The molecule has 0 saturated carbocycles. The van der Waals surface area contributed by atoms with E-state index in [0.29, 0.717) is 18.7 Å². The van der Waals surface area contributed by atoms with Crippen LogP contribution in [0.15, 0.2) is 69.4 Å². The van der Waals surface area contributed by atoms with E-state index in [0.717, 1.165) is 36.0 Å². The minimum atomic E-state index is -0.137. The number of benzene rings is 2. The topological polar surface area (TPSA) is 50.7 Å². The fourth-order valence-electron chi connectivity index (χ4n) is 2.88. The lowest BCUT2D eigenvalue weighted by molar-refractivity contribution is 0.0937. The van der Waals surface area contributed by atoms with Crippen LogP contribution in [-0.2, 0) is 4.74 Å². The van der Waals surface area contributed by atoms with E-state index in [-0.39, 0.29) is 5.91 Å². The van der Waals surface area contributed by atoms with Crippen molar-refractivity contribution in [1.29, 1.82) is 0 Å². The molecule has 0 atom stereocenters. The first-order valence-electron chi connectivity index (χ1n) is 8.68. The summed E-state index contributed by atoms with van der Waals surface area (Å²) in [5, 5.41) is 2.85. The number of hydrogen-bond donors (Lipinski definition) is 1. The number of carbonyl (C=O) groups is 1. The quantitative estimate of drug-likeness (QED) is 0.432. The number of thiophene rings is 1. The van der Waals surface area contributed by atoms with Gasteiger partial charge in [-0.1, -0.05) is 41.6 Å². The van der Waals surface area contributed by atoms with Gasteiger partial charge in [0.05, 0.1) is 27.2 Å². The fourth-order valence-corrected chi connectivity index (χ4v) is 4.93. The van der Waals surface area contributed by atoms with E-state index < -0.39 is 0 Å². The summed E-state index contributed by atoms with van der Waals surface area (Å²) in [5.41, 5.74) is 3.29. The van der Waals surface area contributed by atoms with Crippen LogP contribution in [0, 0.1) is 0 Å². The molecule has 0 saturated heterocycles. The molecule has 1 amide bonds. The van der Waals surface area contributed by atoms with Crippen molar-refractivity contribution in [2.24, 2.45) is 4.99 Å². The van der Waals surface area contributed by atoms with Gasteiger partial charge in [0, 0.05) is 34.6 Å². The summed E-state index contributed by atoms with van der Waals surface area (Å²) >= 11 is 9.32. The Balaban J connectivity index is 1.77. The van der Waals surface area contributed by atoms with E-state index in [1.807, 2.05) is 42.5 Å². The molecule has 28 heavy (non-hydrogen) atoms. The van der Waals surface area contributed by atoms with Crippen molar-refractivity contribution in [2.45, 2.75) is 9.79 Å². The number of halogens is 1. The molecule has 0 radical (unpaired) electrons. The zero-order valence-corrected chi connectivity index (χ0v) is 17.5. The normalized spacial score (nSPS) is 12.6. The summed E-state index contributed by atoms with van der Waals surface area (Å²) in [4.78, 5) is 20.5. The van der Waals surface area contributed by atoms with Crippen LogP contribution < -0.4 is 5.32 Å². The van der Waals surface area contributed by atoms with Crippen molar-refractivity contribution in [1.82, 2.24) is 5.32 Å². The maximum absolute atomic E-state index is 12.4. The smallest absolute Gasteiger partial charge is 0.251 e. The number of methoxy groups -OCH3 is 1. The van der Waals surface area contributed by atoms with Gasteiger partial charge in [0.15, 0.2) is 0 Å². The summed E-state index contributed by atoms with van der Waals surface area (Å²) in [7, 11) is 1.61. The predicted molar refractivity (Wildman–Crippen MR) is 116 cm³/mol. The predicted octanol–water partition coefficient (Wildman–Crippen LogP) is 5.41. The third-order valence-corrected chi connectivity index (χ3v) is 6.59. The molecule has 142 valence electrons. The Bertz CT molecular complexity index is 1060. The minimum absolute atomic E-state index is 0.137. The first-order chi connectivity index (χ1) is 13.7. The number of rotatable bonds is 5. The number of ether oxygens (including phenoxy) is 1. The number of amides is 1. The van der Waals surface area contributed by atoms with Crippen LogP contribution in [0.3, 0.4) is 0 Å². The van der Waals surface area contributed by atoms with Crippen molar-refractivity contribution in [3.63, 3.8) is 0 Å².